The van der Waals surface area contributed by atoms with Crippen molar-refractivity contribution in [1.82, 2.24) is 0 Å². The number of benzene rings is 4. The van der Waals surface area contributed by atoms with Gasteiger partial charge in [-0.3, -0.25) is 0 Å². The van der Waals surface area contributed by atoms with E-state index >= 15 is 0 Å². The molecule has 0 radical (unpaired) electrons. The number of hydrogen-bond donors (Lipinski definition) is 5. The van der Waals surface area contributed by atoms with Gasteiger partial charge in [0.25, 0.3) is 0 Å². The van der Waals surface area contributed by atoms with Gasteiger partial charge >= 0.3 is 0 Å². The Bertz CT molecular complexity index is 1680. The summed E-state index contributed by atoms with van der Waals surface area (Å²) in [4.78, 5) is 0. The summed E-state index contributed by atoms with van der Waals surface area (Å²) in [7, 11) is 0. The Labute approximate surface area is 213 Å². The van der Waals surface area contributed by atoms with Crippen molar-refractivity contribution in [3.05, 3.63) is 90.2 Å². The van der Waals surface area contributed by atoms with Crippen LogP contribution >= 0.6 is 0 Å². The topological polar surface area (TPSA) is 120 Å². The zero-order valence-corrected chi connectivity index (χ0v) is 19.9. The summed E-state index contributed by atoms with van der Waals surface area (Å²) in [6, 6.07) is 22.7. The molecule has 4 aromatic carbocycles. The number of rotatable bonds is 4. The van der Waals surface area contributed by atoms with Crippen molar-refractivity contribution >= 4 is 16.5 Å². The molecule has 6 N–H and O–H groups in total. The third kappa shape index (κ3) is 3.79. The van der Waals surface area contributed by atoms with Crippen molar-refractivity contribution in [3.8, 4) is 56.4 Å². The molecule has 0 fully saturated rings. The van der Waals surface area contributed by atoms with Gasteiger partial charge in [-0.2, -0.15) is 0 Å². The van der Waals surface area contributed by atoms with Crippen molar-refractivity contribution in [2.75, 3.05) is 6.54 Å². The Kier molecular flexibility index (Phi) is 5.39. The lowest BCUT2D eigenvalue weighted by Crippen LogP contribution is -2.06. The number of aromatic hydroxyl groups is 4. The molecule has 1 heterocycles. The predicted molar refractivity (Wildman–Crippen MR) is 145 cm³/mol. The monoisotopic (exact) mass is 491 g/mol. The van der Waals surface area contributed by atoms with E-state index in [0.717, 1.165) is 69.0 Å². The van der Waals surface area contributed by atoms with E-state index in [9.17, 15) is 20.4 Å². The summed E-state index contributed by atoms with van der Waals surface area (Å²) in [5, 5.41) is 40.9. The maximum absolute atomic E-state index is 10.2. The first kappa shape index (κ1) is 22.8. The number of nitrogens with two attached hydrogens (primary N) is 1. The zero-order chi connectivity index (χ0) is 25.7. The third-order valence-corrected chi connectivity index (χ3v) is 7.02. The minimum atomic E-state index is -0.670. The molecule has 0 saturated carbocycles. The molecule has 5 aromatic rings. The fourth-order valence-corrected chi connectivity index (χ4v) is 5.12. The molecule has 1 aliphatic rings. The Morgan fingerprint density at radius 3 is 1.89 bits per heavy atom. The normalized spacial score (nSPS) is 12.9. The average molecular weight is 492 g/mol. The van der Waals surface area contributed by atoms with Gasteiger partial charge in [-0.25, -0.2) is 0 Å². The standard InChI is InChI=1S/C31H25NO5/c32-16-22-2-1-3-27-28(22)23-14-21(12-13-26(23)37-27)19-6-4-17(5-7-19)18-8-10-20(11-9-18)29-24(33)15-25(34)30(35)31(29)36/h2,4-15,33-36H,1,3,16,32H2. The number of phenolic OH excluding ortho intramolecular Hbond substituents is 4. The molecule has 0 atom stereocenters. The molecule has 0 aliphatic heterocycles. The van der Waals surface area contributed by atoms with E-state index in [4.69, 9.17) is 10.2 Å². The molecular weight excluding hydrogens is 466 g/mol. The second-order valence-electron chi connectivity index (χ2n) is 9.23. The maximum atomic E-state index is 10.2. The minimum absolute atomic E-state index is 0.0571. The van der Waals surface area contributed by atoms with Gasteiger partial charge < -0.3 is 30.6 Å². The van der Waals surface area contributed by atoms with Crippen LogP contribution in [0.4, 0.5) is 0 Å². The highest BCUT2D eigenvalue weighted by Crippen LogP contribution is 2.48. The highest BCUT2D eigenvalue weighted by molar-refractivity contribution is 5.96. The highest BCUT2D eigenvalue weighted by Gasteiger charge is 2.21. The molecule has 37 heavy (non-hydrogen) atoms. The van der Waals surface area contributed by atoms with Gasteiger partial charge in [0.1, 0.15) is 17.1 Å². The summed E-state index contributed by atoms with van der Waals surface area (Å²) < 4.78 is 6.11. The molecular formula is C31H25NO5. The van der Waals surface area contributed by atoms with Crippen molar-refractivity contribution in [1.29, 1.82) is 0 Å². The lowest BCUT2D eigenvalue weighted by atomic mass is 9.92. The van der Waals surface area contributed by atoms with Gasteiger partial charge in [0, 0.05) is 30.0 Å². The second kappa shape index (κ2) is 8.76. The van der Waals surface area contributed by atoms with E-state index in [1.54, 1.807) is 12.1 Å². The van der Waals surface area contributed by atoms with Gasteiger partial charge in [0.15, 0.2) is 11.5 Å². The third-order valence-electron chi connectivity index (χ3n) is 7.02. The lowest BCUT2D eigenvalue weighted by Gasteiger charge is -2.12. The Balaban J connectivity index is 1.30. The number of hydrogen-bond acceptors (Lipinski definition) is 6. The van der Waals surface area contributed by atoms with Gasteiger partial charge in [-0.1, -0.05) is 60.7 Å². The first-order chi connectivity index (χ1) is 17.9. The van der Waals surface area contributed by atoms with Crippen molar-refractivity contribution in [2.45, 2.75) is 12.8 Å². The molecule has 0 amide bonds. The first-order valence-corrected chi connectivity index (χ1v) is 12.1. The van der Waals surface area contributed by atoms with E-state index < -0.39 is 17.2 Å². The number of allylic oxidation sites excluding steroid dienone is 1. The number of aryl methyl sites for hydroxylation is 1. The molecule has 0 bridgehead atoms. The molecule has 0 spiro atoms. The van der Waals surface area contributed by atoms with Crippen LogP contribution in [0.25, 0.3) is 49.9 Å². The van der Waals surface area contributed by atoms with Gasteiger partial charge in [0.05, 0.1) is 5.56 Å². The fraction of sp³-hybridized carbons (Fsp3) is 0.0968. The van der Waals surface area contributed by atoms with E-state index in [2.05, 4.69) is 30.3 Å². The van der Waals surface area contributed by atoms with Crippen LogP contribution in [0.15, 0.2) is 83.3 Å². The Morgan fingerprint density at radius 2 is 1.24 bits per heavy atom. The first-order valence-electron chi connectivity index (χ1n) is 12.1. The average Bonchev–Trinajstić information content (AvgIpc) is 3.30. The van der Waals surface area contributed by atoms with Crippen LogP contribution in [0.2, 0.25) is 0 Å². The predicted octanol–water partition coefficient (Wildman–Crippen LogP) is 6.54. The van der Waals surface area contributed by atoms with Gasteiger partial charge in [0.2, 0.25) is 5.75 Å². The SMILES string of the molecule is NCC1=CCCc2oc3ccc(-c4ccc(-c5ccc(-c6c(O)cc(O)c(O)c6O)cc5)cc4)cc3c21. The highest BCUT2D eigenvalue weighted by atomic mass is 16.3. The molecule has 6 nitrogen and oxygen atoms in total. The molecule has 0 unspecified atom stereocenters. The number of furan rings is 1. The Morgan fingerprint density at radius 1 is 0.649 bits per heavy atom. The lowest BCUT2D eigenvalue weighted by molar-refractivity contribution is 0.362. The van der Waals surface area contributed by atoms with Crippen LogP contribution in [-0.2, 0) is 6.42 Å². The largest absolute Gasteiger partial charge is 0.507 e. The number of phenols is 4. The molecule has 0 saturated heterocycles. The molecule has 1 aliphatic carbocycles. The maximum Gasteiger partial charge on any atom is 0.201 e. The van der Waals surface area contributed by atoms with Crippen LogP contribution in [0.3, 0.4) is 0 Å². The summed E-state index contributed by atoms with van der Waals surface area (Å²) in [5.74, 6) is -1.14. The summed E-state index contributed by atoms with van der Waals surface area (Å²) in [6.45, 7) is 0.493. The van der Waals surface area contributed by atoms with Crippen LogP contribution < -0.4 is 5.73 Å². The molecule has 1 aromatic heterocycles. The fourth-order valence-electron chi connectivity index (χ4n) is 5.12. The van der Waals surface area contributed by atoms with E-state index in [1.165, 1.54) is 0 Å². The van der Waals surface area contributed by atoms with Crippen LogP contribution in [-0.4, -0.2) is 27.0 Å². The molecule has 6 heteroatoms. The smallest absolute Gasteiger partial charge is 0.201 e. The summed E-state index contributed by atoms with van der Waals surface area (Å²) in [5.41, 5.74) is 13.9. The van der Waals surface area contributed by atoms with Crippen molar-refractivity contribution in [2.24, 2.45) is 5.73 Å². The summed E-state index contributed by atoms with van der Waals surface area (Å²) in [6.07, 6.45) is 4.05. The van der Waals surface area contributed by atoms with E-state index in [0.29, 0.717) is 12.1 Å². The van der Waals surface area contributed by atoms with Crippen LogP contribution in [0, 0.1) is 0 Å². The van der Waals surface area contributed by atoms with Gasteiger partial charge in [-0.15, -0.1) is 0 Å². The zero-order valence-electron chi connectivity index (χ0n) is 19.9. The molecule has 6 rings (SSSR count). The summed E-state index contributed by atoms with van der Waals surface area (Å²) >= 11 is 0. The minimum Gasteiger partial charge on any atom is -0.507 e. The van der Waals surface area contributed by atoms with E-state index in [1.807, 2.05) is 30.3 Å². The van der Waals surface area contributed by atoms with Crippen LogP contribution in [0.1, 0.15) is 17.7 Å². The quantitative estimate of drug-likeness (QED) is 0.144. The van der Waals surface area contributed by atoms with Crippen molar-refractivity contribution in [3.63, 3.8) is 0 Å². The van der Waals surface area contributed by atoms with Crippen LogP contribution in [0.5, 0.6) is 23.0 Å². The number of fused-ring (bicyclic) bond motifs is 3. The van der Waals surface area contributed by atoms with Gasteiger partial charge in [-0.05, 0) is 51.9 Å². The van der Waals surface area contributed by atoms with E-state index in [-0.39, 0.29) is 11.3 Å². The van der Waals surface area contributed by atoms with Crippen molar-refractivity contribution < 1.29 is 24.8 Å². The molecule has 184 valence electrons. The second-order valence-corrected chi connectivity index (χ2v) is 9.23. The Hall–Kier alpha value is -4.68.